The number of aliphatic hydroxyl groups excluding tert-OH is 1. The standard InChI is InChI=1S/C14H25N3O/c1-11-13(9-16-17(11)2)8-15-10-14(18)7-12-5-3-4-6-12/h9,12,14-15,18H,3-8,10H2,1-2H3. The van der Waals surface area contributed by atoms with Crippen molar-refractivity contribution in [1.29, 1.82) is 0 Å². The molecule has 1 atom stereocenters. The fourth-order valence-electron chi connectivity index (χ4n) is 2.81. The Morgan fingerprint density at radius 3 is 2.83 bits per heavy atom. The molecule has 1 aliphatic rings. The van der Waals surface area contributed by atoms with Gasteiger partial charge in [0.2, 0.25) is 0 Å². The lowest BCUT2D eigenvalue weighted by molar-refractivity contribution is 0.140. The molecule has 4 heteroatoms. The summed E-state index contributed by atoms with van der Waals surface area (Å²) in [6.45, 7) is 3.55. The zero-order chi connectivity index (χ0) is 13.0. The molecule has 1 fully saturated rings. The maximum absolute atomic E-state index is 9.98. The number of hydrogen-bond acceptors (Lipinski definition) is 3. The number of nitrogens with zero attached hydrogens (tertiary/aromatic N) is 2. The molecule has 2 N–H and O–H groups in total. The van der Waals surface area contributed by atoms with Crippen LogP contribution in [0.15, 0.2) is 6.20 Å². The number of nitrogens with one attached hydrogen (secondary N) is 1. The summed E-state index contributed by atoms with van der Waals surface area (Å²) in [4.78, 5) is 0. The van der Waals surface area contributed by atoms with Gasteiger partial charge in [0.15, 0.2) is 0 Å². The summed E-state index contributed by atoms with van der Waals surface area (Å²) in [7, 11) is 1.95. The quantitative estimate of drug-likeness (QED) is 0.810. The fraction of sp³-hybridized carbons (Fsp3) is 0.786. The lowest BCUT2D eigenvalue weighted by Crippen LogP contribution is -2.28. The molecule has 0 amide bonds. The van der Waals surface area contributed by atoms with Gasteiger partial charge in [-0.15, -0.1) is 0 Å². The van der Waals surface area contributed by atoms with E-state index in [-0.39, 0.29) is 6.10 Å². The van der Waals surface area contributed by atoms with Gasteiger partial charge in [0.1, 0.15) is 0 Å². The highest BCUT2D eigenvalue weighted by molar-refractivity contribution is 5.15. The van der Waals surface area contributed by atoms with Crippen LogP contribution in [-0.4, -0.2) is 27.5 Å². The molecule has 102 valence electrons. The largest absolute Gasteiger partial charge is 0.392 e. The smallest absolute Gasteiger partial charge is 0.0667 e. The first-order chi connectivity index (χ1) is 8.66. The second-order valence-corrected chi connectivity index (χ2v) is 5.55. The Bertz CT molecular complexity index is 369. The summed E-state index contributed by atoms with van der Waals surface area (Å²) in [5.74, 6) is 0.752. The second kappa shape index (κ2) is 6.34. The topological polar surface area (TPSA) is 50.1 Å². The van der Waals surface area contributed by atoms with Crippen LogP contribution in [0.25, 0.3) is 0 Å². The van der Waals surface area contributed by atoms with Crippen molar-refractivity contribution in [1.82, 2.24) is 15.1 Å². The monoisotopic (exact) mass is 251 g/mol. The predicted molar refractivity (Wildman–Crippen MR) is 72.2 cm³/mol. The first kappa shape index (κ1) is 13.6. The van der Waals surface area contributed by atoms with Crippen LogP contribution in [0.3, 0.4) is 0 Å². The molecule has 18 heavy (non-hydrogen) atoms. The highest BCUT2D eigenvalue weighted by Gasteiger charge is 2.18. The Labute approximate surface area is 109 Å². The SMILES string of the molecule is Cc1c(CNCC(O)CC2CCCC2)cnn1C. The molecule has 1 saturated carbocycles. The van der Waals surface area contributed by atoms with Crippen molar-refractivity contribution < 1.29 is 5.11 Å². The summed E-state index contributed by atoms with van der Waals surface area (Å²) >= 11 is 0. The van der Waals surface area contributed by atoms with Crippen LogP contribution in [0.4, 0.5) is 0 Å². The minimum Gasteiger partial charge on any atom is -0.392 e. The molecule has 1 aliphatic carbocycles. The third-order valence-corrected chi connectivity index (χ3v) is 4.11. The molecular formula is C14H25N3O. The molecule has 0 spiro atoms. The maximum Gasteiger partial charge on any atom is 0.0667 e. The summed E-state index contributed by atoms with van der Waals surface area (Å²) in [6, 6.07) is 0. The van der Waals surface area contributed by atoms with Crippen LogP contribution in [0.5, 0.6) is 0 Å². The first-order valence-corrected chi connectivity index (χ1v) is 7.03. The number of hydrogen-bond donors (Lipinski definition) is 2. The third-order valence-electron chi connectivity index (χ3n) is 4.11. The van der Waals surface area contributed by atoms with Crippen molar-refractivity contribution in [3.05, 3.63) is 17.5 Å². The van der Waals surface area contributed by atoms with Crippen LogP contribution in [0, 0.1) is 12.8 Å². The minimum absolute atomic E-state index is 0.204. The van der Waals surface area contributed by atoms with E-state index in [9.17, 15) is 5.11 Å². The van der Waals surface area contributed by atoms with Crippen LogP contribution >= 0.6 is 0 Å². The number of aliphatic hydroxyl groups is 1. The normalized spacial score (nSPS) is 18.4. The molecule has 2 rings (SSSR count). The molecular weight excluding hydrogens is 226 g/mol. The summed E-state index contributed by atoms with van der Waals surface area (Å²) in [6.07, 6.45) is 7.95. The van der Waals surface area contributed by atoms with Gasteiger partial charge in [0, 0.05) is 31.4 Å². The fourth-order valence-corrected chi connectivity index (χ4v) is 2.81. The van der Waals surface area contributed by atoms with Gasteiger partial charge in [-0.3, -0.25) is 4.68 Å². The second-order valence-electron chi connectivity index (χ2n) is 5.55. The average molecular weight is 251 g/mol. The van der Waals surface area contributed by atoms with Crippen molar-refractivity contribution in [2.45, 2.75) is 51.7 Å². The predicted octanol–water partition coefficient (Wildman–Crippen LogP) is 1.76. The molecule has 1 aromatic heterocycles. The minimum atomic E-state index is -0.204. The van der Waals surface area contributed by atoms with E-state index in [1.54, 1.807) is 0 Å². The van der Waals surface area contributed by atoms with E-state index in [2.05, 4.69) is 17.3 Å². The van der Waals surface area contributed by atoms with E-state index in [0.29, 0.717) is 6.54 Å². The van der Waals surface area contributed by atoms with Crippen molar-refractivity contribution in [3.63, 3.8) is 0 Å². The van der Waals surface area contributed by atoms with Crippen LogP contribution in [0.2, 0.25) is 0 Å². The summed E-state index contributed by atoms with van der Waals surface area (Å²) in [5, 5.41) is 17.5. The van der Waals surface area contributed by atoms with Gasteiger partial charge in [-0.05, 0) is 19.3 Å². The Kier molecular flexibility index (Phi) is 4.78. The zero-order valence-electron chi connectivity index (χ0n) is 11.5. The molecule has 0 aliphatic heterocycles. The van der Waals surface area contributed by atoms with Gasteiger partial charge in [-0.2, -0.15) is 5.10 Å². The molecule has 1 heterocycles. The van der Waals surface area contributed by atoms with Crippen molar-refractivity contribution in [2.24, 2.45) is 13.0 Å². The van der Waals surface area contributed by atoms with E-state index in [1.165, 1.54) is 36.9 Å². The van der Waals surface area contributed by atoms with Crippen LogP contribution in [-0.2, 0) is 13.6 Å². The number of aromatic nitrogens is 2. The molecule has 0 aromatic carbocycles. The van der Waals surface area contributed by atoms with E-state index in [1.807, 2.05) is 17.9 Å². The van der Waals surface area contributed by atoms with Gasteiger partial charge < -0.3 is 10.4 Å². The van der Waals surface area contributed by atoms with Gasteiger partial charge in [-0.1, -0.05) is 25.7 Å². The molecule has 1 unspecified atom stereocenters. The van der Waals surface area contributed by atoms with Crippen molar-refractivity contribution in [3.8, 4) is 0 Å². The van der Waals surface area contributed by atoms with E-state index in [4.69, 9.17) is 0 Å². The van der Waals surface area contributed by atoms with E-state index >= 15 is 0 Å². The summed E-state index contributed by atoms with van der Waals surface area (Å²) < 4.78 is 1.88. The van der Waals surface area contributed by atoms with Crippen molar-refractivity contribution in [2.75, 3.05) is 6.54 Å². The third kappa shape index (κ3) is 3.56. The van der Waals surface area contributed by atoms with Gasteiger partial charge in [-0.25, -0.2) is 0 Å². The number of rotatable bonds is 6. The zero-order valence-corrected chi connectivity index (χ0v) is 11.5. The number of aryl methyl sites for hydroxylation is 1. The van der Waals surface area contributed by atoms with Crippen molar-refractivity contribution >= 4 is 0 Å². The van der Waals surface area contributed by atoms with Crippen LogP contribution < -0.4 is 5.32 Å². The van der Waals surface area contributed by atoms with E-state index in [0.717, 1.165) is 18.9 Å². The lowest BCUT2D eigenvalue weighted by Gasteiger charge is -2.15. The highest BCUT2D eigenvalue weighted by Crippen LogP contribution is 2.28. The Morgan fingerprint density at radius 1 is 1.50 bits per heavy atom. The molecule has 0 radical (unpaired) electrons. The van der Waals surface area contributed by atoms with E-state index < -0.39 is 0 Å². The molecule has 1 aromatic rings. The summed E-state index contributed by atoms with van der Waals surface area (Å²) in [5.41, 5.74) is 2.40. The Morgan fingerprint density at radius 2 is 2.22 bits per heavy atom. The van der Waals surface area contributed by atoms with Gasteiger partial charge in [0.05, 0.1) is 12.3 Å². The highest BCUT2D eigenvalue weighted by atomic mass is 16.3. The molecule has 4 nitrogen and oxygen atoms in total. The maximum atomic E-state index is 9.98. The Hall–Kier alpha value is -0.870. The Balaban J connectivity index is 1.66. The average Bonchev–Trinajstić information content (AvgIpc) is 2.94. The van der Waals surface area contributed by atoms with Crippen LogP contribution in [0.1, 0.15) is 43.4 Å². The molecule has 0 saturated heterocycles. The van der Waals surface area contributed by atoms with Gasteiger partial charge >= 0.3 is 0 Å². The molecule has 0 bridgehead atoms. The van der Waals surface area contributed by atoms with Gasteiger partial charge in [0.25, 0.3) is 0 Å². The first-order valence-electron chi connectivity index (χ1n) is 7.03. The lowest BCUT2D eigenvalue weighted by atomic mass is 10.00.